The van der Waals surface area contributed by atoms with Gasteiger partial charge in [-0.1, -0.05) is 12.1 Å². The Hall–Kier alpha value is -2.99. The zero-order valence-electron chi connectivity index (χ0n) is 17.1. The molecule has 0 aliphatic carbocycles. The van der Waals surface area contributed by atoms with Crippen LogP contribution in [0.3, 0.4) is 0 Å². The van der Waals surface area contributed by atoms with E-state index < -0.39 is 0 Å². The van der Waals surface area contributed by atoms with Crippen LogP contribution in [0, 0.1) is 6.92 Å². The van der Waals surface area contributed by atoms with E-state index in [9.17, 15) is 4.79 Å². The second kappa shape index (κ2) is 7.69. The first-order valence-corrected chi connectivity index (χ1v) is 11.0. The van der Waals surface area contributed by atoms with Crippen molar-refractivity contribution in [2.24, 2.45) is 0 Å². The van der Waals surface area contributed by atoms with Gasteiger partial charge in [-0.25, -0.2) is 4.98 Å². The fourth-order valence-corrected chi connectivity index (χ4v) is 5.29. The highest BCUT2D eigenvalue weighted by Gasteiger charge is 2.27. The summed E-state index contributed by atoms with van der Waals surface area (Å²) in [7, 11) is 1.64. The van der Waals surface area contributed by atoms with E-state index in [1.54, 1.807) is 18.4 Å². The van der Waals surface area contributed by atoms with Crippen molar-refractivity contribution in [1.82, 2.24) is 14.9 Å². The molecule has 1 saturated heterocycles. The van der Waals surface area contributed by atoms with E-state index in [1.807, 2.05) is 42.2 Å². The number of benzene rings is 2. The molecule has 0 N–H and O–H groups in total. The summed E-state index contributed by atoms with van der Waals surface area (Å²) in [4.78, 5) is 24.7. The lowest BCUT2D eigenvalue weighted by atomic mass is 9.96. The summed E-state index contributed by atoms with van der Waals surface area (Å²) in [5.74, 6) is 1.26. The van der Waals surface area contributed by atoms with Crippen molar-refractivity contribution in [3.8, 4) is 5.75 Å². The minimum atomic E-state index is 0.0699. The predicted octanol–water partition coefficient (Wildman–Crippen LogP) is 5.18. The molecular formula is C24H23N3O2S. The summed E-state index contributed by atoms with van der Waals surface area (Å²) < 4.78 is 6.52. The van der Waals surface area contributed by atoms with Crippen LogP contribution >= 0.6 is 11.3 Å². The molecule has 1 amide bonds. The van der Waals surface area contributed by atoms with Crippen LogP contribution in [-0.4, -0.2) is 41.0 Å². The Morgan fingerprint density at radius 2 is 1.87 bits per heavy atom. The number of rotatable bonds is 3. The fourth-order valence-electron chi connectivity index (χ4n) is 4.15. The largest absolute Gasteiger partial charge is 0.497 e. The van der Waals surface area contributed by atoms with E-state index in [0.29, 0.717) is 11.5 Å². The number of carbonyl (C=O) groups is 1. The molecule has 2 aromatic carbocycles. The Morgan fingerprint density at radius 1 is 1.07 bits per heavy atom. The minimum Gasteiger partial charge on any atom is -0.497 e. The number of aromatic nitrogens is 2. The van der Waals surface area contributed by atoms with E-state index in [4.69, 9.17) is 9.72 Å². The Morgan fingerprint density at radius 3 is 2.63 bits per heavy atom. The Labute approximate surface area is 179 Å². The highest BCUT2D eigenvalue weighted by molar-refractivity contribution is 7.18. The monoisotopic (exact) mass is 417 g/mol. The van der Waals surface area contributed by atoms with Crippen LogP contribution in [0.2, 0.25) is 0 Å². The van der Waals surface area contributed by atoms with Crippen LogP contribution in [0.1, 0.15) is 39.8 Å². The number of aryl methyl sites for hydroxylation is 1. The third kappa shape index (κ3) is 3.41. The molecule has 1 aliphatic rings. The first-order chi connectivity index (χ1) is 14.6. The molecule has 5 rings (SSSR count). The number of ether oxygens (including phenoxy) is 1. The molecule has 0 unspecified atom stereocenters. The normalized spacial score (nSPS) is 15.1. The maximum Gasteiger partial charge on any atom is 0.255 e. The topological polar surface area (TPSA) is 55.3 Å². The van der Waals surface area contributed by atoms with Crippen molar-refractivity contribution in [1.29, 1.82) is 0 Å². The van der Waals surface area contributed by atoms with Gasteiger partial charge in [-0.2, -0.15) is 0 Å². The Bertz CT molecular complexity index is 1210. The van der Waals surface area contributed by atoms with Gasteiger partial charge in [-0.05, 0) is 50.1 Å². The molecule has 0 radical (unpaired) electrons. The summed E-state index contributed by atoms with van der Waals surface area (Å²) >= 11 is 1.78. The molecule has 0 bridgehead atoms. The van der Waals surface area contributed by atoms with Gasteiger partial charge in [-0.3, -0.25) is 9.78 Å². The van der Waals surface area contributed by atoms with Gasteiger partial charge in [0.1, 0.15) is 5.75 Å². The van der Waals surface area contributed by atoms with Crippen molar-refractivity contribution >= 4 is 38.4 Å². The molecule has 3 heterocycles. The lowest BCUT2D eigenvalue weighted by molar-refractivity contribution is 0.0712. The molecule has 2 aromatic heterocycles. The summed E-state index contributed by atoms with van der Waals surface area (Å²) in [6.07, 6.45) is 1.89. The molecular weight excluding hydrogens is 394 g/mol. The number of piperidine rings is 1. The SMILES string of the molecule is COc1ccc2cc(C(=O)N3CCC(c4nc5ccccc5s4)CC3)c(C)nc2c1. The maximum atomic E-state index is 13.2. The van der Waals surface area contributed by atoms with Crippen LogP contribution in [0.15, 0.2) is 48.5 Å². The Balaban J connectivity index is 1.33. The van der Waals surface area contributed by atoms with Gasteiger partial charge in [-0.15, -0.1) is 11.3 Å². The van der Waals surface area contributed by atoms with E-state index >= 15 is 0 Å². The third-order valence-electron chi connectivity index (χ3n) is 5.89. The van der Waals surface area contributed by atoms with Gasteiger partial charge in [0.05, 0.1) is 39.1 Å². The molecule has 152 valence electrons. The first kappa shape index (κ1) is 19.0. The summed E-state index contributed by atoms with van der Waals surface area (Å²) in [6, 6.07) is 16.0. The van der Waals surface area contributed by atoms with Crippen molar-refractivity contribution in [2.75, 3.05) is 20.2 Å². The number of hydrogen-bond donors (Lipinski definition) is 0. The van der Waals surface area contributed by atoms with Crippen LogP contribution in [-0.2, 0) is 0 Å². The van der Waals surface area contributed by atoms with Crippen molar-refractivity contribution in [3.63, 3.8) is 0 Å². The second-order valence-corrected chi connectivity index (χ2v) is 8.83. The highest BCUT2D eigenvalue weighted by atomic mass is 32.1. The average Bonchev–Trinajstić information content (AvgIpc) is 3.22. The van der Waals surface area contributed by atoms with Gasteiger partial charge in [0, 0.05) is 30.5 Å². The van der Waals surface area contributed by atoms with Crippen molar-refractivity contribution < 1.29 is 9.53 Å². The summed E-state index contributed by atoms with van der Waals surface area (Å²) in [5, 5.41) is 2.15. The summed E-state index contributed by atoms with van der Waals surface area (Å²) in [5.41, 5.74) is 3.36. The molecule has 0 saturated carbocycles. The number of carbonyl (C=O) groups excluding carboxylic acids is 1. The fraction of sp³-hybridized carbons (Fsp3) is 0.292. The average molecular weight is 418 g/mol. The van der Waals surface area contributed by atoms with Crippen LogP contribution in [0.5, 0.6) is 5.75 Å². The number of nitrogens with zero attached hydrogens (tertiary/aromatic N) is 3. The van der Waals surface area contributed by atoms with E-state index in [1.165, 1.54) is 9.71 Å². The van der Waals surface area contributed by atoms with Crippen LogP contribution in [0.4, 0.5) is 0 Å². The lowest BCUT2D eigenvalue weighted by Gasteiger charge is -2.31. The van der Waals surface area contributed by atoms with E-state index in [2.05, 4.69) is 23.2 Å². The number of amides is 1. The number of thiazole rings is 1. The first-order valence-electron chi connectivity index (χ1n) is 10.2. The number of hydrogen-bond acceptors (Lipinski definition) is 5. The van der Waals surface area contributed by atoms with Gasteiger partial charge in [0.25, 0.3) is 5.91 Å². The van der Waals surface area contributed by atoms with Crippen LogP contribution in [0.25, 0.3) is 21.1 Å². The quantitative estimate of drug-likeness (QED) is 0.461. The van der Waals surface area contributed by atoms with Crippen LogP contribution < -0.4 is 4.74 Å². The Kier molecular flexibility index (Phi) is 4.87. The smallest absolute Gasteiger partial charge is 0.255 e. The minimum absolute atomic E-state index is 0.0699. The molecule has 0 atom stereocenters. The van der Waals surface area contributed by atoms with E-state index in [-0.39, 0.29) is 5.91 Å². The molecule has 0 spiro atoms. The van der Waals surface area contributed by atoms with Gasteiger partial charge in [0.2, 0.25) is 0 Å². The highest BCUT2D eigenvalue weighted by Crippen LogP contribution is 2.34. The lowest BCUT2D eigenvalue weighted by Crippen LogP contribution is -2.38. The number of fused-ring (bicyclic) bond motifs is 2. The zero-order valence-corrected chi connectivity index (χ0v) is 17.9. The maximum absolute atomic E-state index is 13.2. The van der Waals surface area contributed by atoms with E-state index in [0.717, 1.165) is 53.8 Å². The number of para-hydroxylation sites is 1. The molecule has 5 nitrogen and oxygen atoms in total. The van der Waals surface area contributed by atoms with Crippen molar-refractivity contribution in [2.45, 2.75) is 25.7 Å². The van der Waals surface area contributed by atoms with Gasteiger partial charge >= 0.3 is 0 Å². The molecule has 30 heavy (non-hydrogen) atoms. The molecule has 4 aromatic rings. The standard InChI is InChI=1S/C24H23N3O2S/c1-15-19(13-17-7-8-18(29-2)14-21(17)25-15)24(28)27-11-9-16(10-12-27)23-26-20-5-3-4-6-22(20)30-23/h3-8,13-14,16H,9-12H2,1-2H3. The summed E-state index contributed by atoms with van der Waals surface area (Å²) in [6.45, 7) is 3.40. The van der Waals surface area contributed by atoms with Gasteiger partial charge < -0.3 is 9.64 Å². The zero-order chi connectivity index (χ0) is 20.7. The van der Waals surface area contributed by atoms with Gasteiger partial charge in [0.15, 0.2) is 0 Å². The molecule has 1 fully saturated rings. The predicted molar refractivity (Wildman–Crippen MR) is 121 cm³/mol. The number of methoxy groups -OCH3 is 1. The van der Waals surface area contributed by atoms with Crippen molar-refractivity contribution in [3.05, 3.63) is 64.8 Å². The third-order valence-corrected chi connectivity index (χ3v) is 7.09. The second-order valence-electron chi connectivity index (χ2n) is 7.77. The number of likely N-dealkylation sites (tertiary alicyclic amines) is 1. The number of pyridine rings is 1. The molecule has 6 heteroatoms. The molecule has 1 aliphatic heterocycles.